The Kier molecular flexibility index (Phi) is 4.24. The van der Waals surface area contributed by atoms with Crippen molar-refractivity contribution in [3.8, 4) is 0 Å². The molecule has 1 aromatic carbocycles. The molecule has 4 nitrogen and oxygen atoms in total. The molecule has 0 radical (unpaired) electrons. The maximum Gasteiger partial charge on any atom is 0.338 e. The van der Waals surface area contributed by atoms with Crippen LogP contribution in [0.1, 0.15) is 15.9 Å². The molecule has 104 valence electrons. The summed E-state index contributed by atoms with van der Waals surface area (Å²) >= 11 is 0. The zero-order valence-electron chi connectivity index (χ0n) is 10.4. The minimum Gasteiger partial charge on any atom is -0.478 e. The Morgan fingerprint density at radius 1 is 1.15 bits per heavy atom. The van der Waals surface area contributed by atoms with Crippen LogP contribution in [0.4, 0.5) is 14.5 Å². The number of hydrogen-bond acceptors (Lipinski definition) is 3. The molecular formula is C14H12F2N2O2. The highest BCUT2D eigenvalue weighted by atomic mass is 19.2. The van der Waals surface area contributed by atoms with Crippen molar-refractivity contribution >= 4 is 11.7 Å². The van der Waals surface area contributed by atoms with Crippen molar-refractivity contribution in [3.05, 3.63) is 59.4 Å². The second-order valence-electron chi connectivity index (χ2n) is 4.13. The second kappa shape index (κ2) is 6.10. The lowest BCUT2D eigenvalue weighted by Gasteiger charge is -2.09. The molecule has 0 amide bonds. The molecule has 2 rings (SSSR count). The third-order valence-corrected chi connectivity index (χ3v) is 2.79. The maximum atomic E-state index is 13.6. The molecule has 6 heteroatoms. The SMILES string of the molecule is O=C(O)c1ccc(NCCc2ccncc2)c(F)c1F. The number of anilines is 1. The van der Waals surface area contributed by atoms with Gasteiger partial charge in [0, 0.05) is 18.9 Å². The summed E-state index contributed by atoms with van der Waals surface area (Å²) in [6, 6.07) is 5.90. The number of nitrogens with zero attached hydrogens (tertiary/aromatic N) is 1. The second-order valence-corrected chi connectivity index (χ2v) is 4.13. The molecule has 20 heavy (non-hydrogen) atoms. The summed E-state index contributed by atoms with van der Waals surface area (Å²) in [6.45, 7) is 0.396. The summed E-state index contributed by atoms with van der Waals surface area (Å²) in [5, 5.41) is 11.4. The number of carbonyl (C=O) groups is 1. The average molecular weight is 278 g/mol. The van der Waals surface area contributed by atoms with Crippen LogP contribution in [0.15, 0.2) is 36.7 Å². The lowest BCUT2D eigenvalue weighted by molar-refractivity contribution is 0.0690. The van der Waals surface area contributed by atoms with Gasteiger partial charge in [0.25, 0.3) is 0 Å². The lowest BCUT2D eigenvalue weighted by atomic mass is 10.1. The van der Waals surface area contributed by atoms with Gasteiger partial charge < -0.3 is 10.4 Å². The van der Waals surface area contributed by atoms with Gasteiger partial charge in [0.1, 0.15) is 0 Å². The van der Waals surface area contributed by atoms with Gasteiger partial charge in [-0.05, 0) is 36.2 Å². The summed E-state index contributed by atoms with van der Waals surface area (Å²) in [7, 11) is 0. The van der Waals surface area contributed by atoms with Crippen molar-refractivity contribution in [3.63, 3.8) is 0 Å². The van der Waals surface area contributed by atoms with Crippen molar-refractivity contribution in [2.24, 2.45) is 0 Å². The first-order valence-corrected chi connectivity index (χ1v) is 5.93. The number of rotatable bonds is 5. The highest BCUT2D eigenvalue weighted by molar-refractivity contribution is 5.88. The van der Waals surface area contributed by atoms with E-state index in [4.69, 9.17) is 5.11 Å². The van der Waals surface area contributed by atoms with Gasteiger partial charge >= 0.3 is 5.97 Å². The number of aromatic nitrogens is 1. The zero-order valence-corrected chi connectivity index (χ0v) is 10.4. The van der Waals surface area contributed by atoms with Crippen molar-refractivity contribution in [1.29, 1.82) is 0 Å². The molecule has 0 aliphatic carbocycles. The molecule has 0 atom stereocenters. The van der Waals surface area contributed by atoms with E-state index in [1.165, 1.54) is 6.07 Å². The summed E-state index contributed by atoms with van der Waals surface area (Å²) in [5.74, 6) is -4.03. The summed E-state index contributed by atoms with van der Waals surface area (Å²) in [5.41, 5.74) is 0.277. The summed E-state index contributed by atoms with van der Waals surface area (Å²) < 4.78 is 27.1. The molecule has 0 aliphatic heterocycles. The number of carboxylic acid groups (broad SMARTS) is 1. The van der Waals surface area contributed by atoms with Crippen LogP contribution >= 0.6 is 0 Å². The van der Waals surface area contributed by atoms with E-state index < -0.39 is 23.2 Å². The van der Waals surface area contributed by atoms with Gasteiger partial charge in [-0.15, -0.1) is 0 Å². The first kappa shape index (κ1) is 13.9. The smallest absolute Gasteiger partial charge is 0.338 e. The van der Waals surface area contributed by atoms with E-state index in [0.29, 0.717) is 13.0 Å². The van der Waals surface area contributed by atoms with E-state index in [2.05, 4.69) is 10.3 Å². The molecule has 1 heterocycles. The van der Waals surface area contributed by atoms with Crippen molar-refractivity contribution in [2.45, 2.75) is 6.42 Å². The summed E-state index contributed by atoms with van der Waals surface area (Å²) in [6.07, 6.45) is 3.92. The zero-order chi connectivity index (χ0) is 14.5. The molecule has 0 unspecified atom stereocenters. The fourth-order valence-corrected chi connectivity index (χ4v) is 1.74. The van der Waals surface area contributed by atoms with Gasteiger partial charge in [-0.2, -0.15) is 0 Å². The van der Waals surface area contributed by atoms with E-state index in [0.717, 1.165) is 11.6 Å². The van der Waals surface area contributed by atoms with E-state index in [-0.39, 0.29) is 5.69 Å². The van der Waals surface area contributed by atoms with E-state index in [9.17, 15) is 13.6 Å². The van der Waals surface area contributed by atoms with Crippen LogP contribution in [-0.2, 0) is 6.42 Å². The van der Waals surface area contributed by atoms with Crippen LogP contribution in [-0.4, -0.2) is 22.6 Å². The van der Waals surface area contributed by atoms with Crippen molar-refractivity contribution in [2.75, 3.05) is 11.9 Å². The van der Waals surface area contributed by atoms with Crippen LogP contribution in [0.3, 0.4) is 0 Å². The first-order chi connectivity index (χ1) is 9.59. The third kappa shape index (κ3) is 3.09. The van der Waals surface area contributed by atoms with Crippen LogP contribution in [0.25, 0.3) is 0 Å². The molecule has 0 fully saturated rings. The lowest BCUT2D eigenvalue weighted by Crippen LogP contribution is -2.10. The fourth-order valence-electron chi connectivity index (χ4n) is 1.74. The number of benzene rings is 1. The largest absolute Gasteiger partial charge is 0.478 e. The van der Waals surface area contributed by atoms with Crippen LogP contribution in [0.2, 0.25) is 0 Å². The maximum absolute atomic E-state index is 13.6. The van der Waals surface area contributed by atoms with E-state index in [1.54, 1.807) is 12.4 Å². The van der Waals surface area contributed by atoms with E-state index in [1.807, 2.05) is 12.1 Å². The van der Waals surface area contributed by atoms with Gasteiger partial charge in [0.15, 0.2) is 11.6 Å². The topological polar surface area (TPSA) is 62.2 Å². The molecule has 0 bridgehead atoms. The van der Waals surface area contributed by atoms with Gasteiger partial charge in [-0.1, -0.05) is 0 Å². The van der Waals surface area contributed by atoms with Gasteiger partial charge in [-0.3, -0.25) is 4.98 Å². The molecule has 1 aromatic heterocycles. The Morgan fingerprint density at radius 2 is 1.85 bits per heavy atom. The van der Waals surface area contributed by atoms with Crippen LogP contribution in [0, 0.1) is 11.6 Å². The van der Waals surface area contributed by atoms with Gasteiger partial charge in [0.2, 0.25) is 0 Å². The van der Waals surface area contributed by atoms with E-state index >= 15 is 0 Å². The van der Waals surface area contributed by atoms with Crippen molar-refractivity contribution < 1.29 is 18.7 Å². The van der Waals surface area contributed by atoms with Gasteiger partial charge in [-0.25, -0.2) is 13.6 Å². The Labute approximate surface area is 114 Å². The molecule has 0 spiro atoms. The van der Waals surface area contributed by atoms with Crippen LogP contribution < -0.4 is 5.32 Å². The molecule has 0 saturated heterocycles. The Balaban J connectivity index is 2.04. The van der Waals surface area contributed by atoms with Crippen molar-refractivity contribution in [1.82, 2.24) is 4.98 Å². The third-order valence-electron chi connectivity index (χ3n) is 2.79. The Morgan fingerprint density at radius 3 is 2.50 bits per heavy atom. The number of hydrogen-bond donors (Lipinski definition) is 2. The quantitative estimate of drug-likeness (QED) is 0.882. The predicted molar refractivity (Wildman–Crippen MR) is 69.7 cm³/mol. The summed E-state index contributed by atoms with van der Waals surface area (Å²) in [4.78, 5) is 14.5. The number of nitrogens with one attached hydrogen (secondary N) is 1. The fraction of sp³-hybridized carbons (Fsp3) is 0.143. The highest BCUT2D eigenvalue weighted by Crippen LogP contribution is 2.20. The Hall–Kier alpha value is -2.50. The first-order valence-electron chi connectivity index (χ1n) is 5.93. The molecule has 2 aromatic rings. The Bertz CT molecular complexity index is 618. The minimum absolute atomic E-state index is 0.0541. The predicted octanol–water partition coefficient (Wildman–Crippen LogP) is 2.71. The number of halogens is 2. The monoisotopic (exact) mass is 278 g/mol. The average Bonchev–Trinajstić information content (AvgIpc) is 2.44. The minimum atomic E-state index is -1.50. The normalized spacial score (nSPS) is 10.3. The number of aromatic carboxylic acids is 1. The highest BCUT2D eigenvalue weighted by Gasteiger charge is 2.17. The molecule has 2 N–H and O–H groups in total. The molecular weight excluding hydrogens is 266 g/mol. The standard InChI is InChI=1S/C14H12F2N2O2/c15-12-10(14(19)20)1-2-11(13(12)16)18-8-5-9-3-6-17-7-4-9/h1-4,6-7,18H,5,8H2,(H,19,20). The molecule has 0 saturated carbocycles. The number of pyridine rings is 1. The number of carboxylic acids is 1. The van der Waals surface area contributed by atoms with Crippen LogP contribution in [0.5, 0.6) is 0 Å². The van der Waals surface area contributed by atoms with Gasteiger partial charge in [0.05, 0.1) is 11.3 Å². The molecule has 0 aliphatic rings.